The molecular formula is C17H19N5O3S. The van der Waals surface area contributed by atoms with Crippen molar-refractivity contribution in [3.63, 3.8) is 0 Å². The molecule has 9 heteroatoms. The molecule has 1 N–H and O–H groups in total. The summed E-state index contributed by atoms with van der Waals surface area (Å²) in [6, 6.07) is 1.71. The smallest absolute Gasteiger partial charge is 0.254 e. The van der Waals surface area contributed by atoms with Gasteiger partial charge in [0.1, 0.15) is 5.76 Å². The Morgan fingerprint density at radius 2 is 2.35 bits per heavy atom. The van der Waals surface area contributed by atoms with Crippen molar-refractivity contribution < 1.29 is 14.1 Å². The number of aromatic nitrogens is 4. The lowest BCUT2D eigenvalue weighted by atomic mass is 10.0. The molecule has 4 rings (SSSR count). The van der Waals surface area contributed by atoms with Crippen LogP contribution in [0.25, 0.3) is 11.3 Å². The summed E-state index contributed by atoms with van der Waals surface area (Å²) < 4.78 is 12.3. The molecule has 0 saturated heterocycles. The number of thiazole rings is 1. The lowest BCUT2D eigenvalue weighted by Crippen LogP contribution is -2.12. The number of hydrogen-bond donors (Lipinski definition) is 1. The highest BCUT2D eigenvalue weighted by molar-refractivity contribution is 7.16. The van der Waals surface area contributed by atoms with Crippen molar-refractivity contribution in [3.8, 4) is 17.1 Å². The van der Waals surface area contributed by atoms with Crippen LogP contribution in [0.3, 0.4) is 0 Å². The Morgan fingerprint density at radius 1 is 1.46 bits per heavy atom. The molecular weight excluding hydrogens is 354 g/mol. The van der Waals surface area contributed by atoms with E-state index >= 15 is 0 Å². The van der Waals surface area contributed by atoms with E-state index in [4.69, 9.17) is 9.26 Å². The van der Waals surface area contributed by atoms with Gasteiger partial charge >= 0.3 is 0 Å². The zero-order valence-electron chi connectivity index (χ0n) is 14.6. The molecule has 0 aromatic carbocycles. The Morgan fingerprint density at radius 3 is 3.19 bits per heavy atom. The van der Waals surface area contributed by atoms with Crippen molar-refractivity contribution in [3.05, 3.63) is 28.6 Å². The summed E-state index contributed by atoms with van der Waals surface area (Å²) >= 11 is 1.53. The van der Waals surface area contributed by atoms with Crippen LogP contribution in [0.2, 0.25) is 0 Å². The van der Waals surface area contributed by atoms with Gasteiger partial charge in [-0.2, -0.15) is 5.10 Å². The van der Waals surface area contributed by atoms with Gasteiger partial charge in [0.15, 0.2) is 5.13 Å². The number of ether oxygens (including phenoxy) is 1. The summed E-state index contributed by atoms with van der Waals surface area (Å²) in [7, 11) is 1.94. The van der Waals surface area contributed by atoms with E-state index in [2.05, 4.69) is 20.6 Å². The van der Waals surface area contributed by atoms with Crippen molar-refractivity contribution in [2.24, 2.45) is 7.05 Å². The molecule has 8 nitrogen and oxygen atoms in total. The molecule has 26 heavy (non-hydrogen) atoms. The zero-order chi connectivity index (χ0) is 18.1. The van der Waals surface area contributed by atoms with Crippen LogP contribution in [0.1, 0.15) is 29.7 Å². The van der Waals surface area contributed by atoms with Crippen LogP contribution in [-0.2, 0) is 31.1 Å². The lowest BCUT2D eigenvalue weighted by molar-refractivity contribution is -0.116. The summed E-state index contributed by atoms with van der Waals surface area (Å²) in [5.74, 6) is 0.974. The molecule has 0 spiro atoms. The second-order valence-corrected chi connectivity index (χ2v) is 7.12. The first-order chi connectivity index (χ1) is 12.6. The minimum Gasteiger partial charge on any atom is -0.476 e. The third-order valence-corrected chi connectivity index (χ3v) is 5.31. The normalized spacial score (nSPS) is 12.5. The lowest BCUT2D eigenvalue weighted by Gasteiger charge is -2.10. The Bertz CT molecular complexity index is 942. The molecule has 0 atom stereocenters. The number of fused-ring (bicyclic) bond motifs is 3. The van der Waals surface area contributed by atoms with Crippen LogP contribution < -0.4 is 10.1 Å². The first-order valence-corrected chi connectivity index (χ1v) is 9.35. The summed E-state index contributed by atoms with van der Waals surface area (Å²) in [5.41, 5.74) is 3.20. The van der Waals surface area contributed by atoms with E-state index in [1.54, 1.807) is 6.07 Å². The fourth-order valence-electron chi connectivity index (χ4n) is 3.02. The molecule has 0 bridgehead atoms. The number of amides is 1. The van der Waals surface area contributed by atoms with E-state index < -0.39 is 0 Å². The minimum atomic E-state index is -0.100. The van der Waals surface area contributed by atoms with Gasteiger partial charge in [0.25, 0.3) is 5.88 Å². The van der Waals surface area contributed by atoms with Crippen molar-refractivity contribution in [2.75, 3.05) is 11.9 Å². The number of hydrogen-bond acceptors (Lipinski definition) is 7. The Labute approximate surface area is 154 Å². The Kier molecular flexibility index (Phi) is 4.46. The number of rotatable bonds is 6. The van der Waals surface area contributed by atoms with Gasteiger partial charge in [-0.15, -0.1) is 11.3 Å². The van der Waals surface area contributed by atoms with Crippen molar-refractivity contribution in [2.45, 2.75) is 32.6 Å². The number of carbonyl (C=O) groups is 1. The fraction of sp³-hybridized carbons (Fsp3) is 0.412. The molecule has 1 amide bonds. The number of anilines is 1. The Hall–Kier alpha value is -2.68. The molecule has 3 aromatic rings. The molecule has 1 aliphatic carbocycles. The van der Waals surface area contributed by atoms with Crippen LogP contribution >= 0.6 is 11.3 Å². The maximum Gasteiger partial charge on any atom is 0.254 e. The van der Waals surface area contributed by atoms with Crippen LogP contribution in [0, 0.1) is 0 Å². The van der Waals surface area contributed by atoms with Crippen molar-refractivity contribution in [1.29, 1.82) is 0 Å². The monoisotopic (exact) mass is 373 g/mol. The van der Waals surface area contributed by atoms with E-state index in [0.29, 0.717) is 36.2 Å². The van der Waals surface area contributed by atoms with Crippen LogP contribution in [0.4, 0.5) is 5.13 Å². The summed E-state index contributed by atoms with van der Waals surface area (Å²) in [6.07, 6.45) is 4.47. The molecule has 3 heterocycles. The third kappa shape index (κ3) is 3.22. The standard InChI is InChI=1S/C17H19N5O3S/c1-3-24-15-8-10(25-21-15)4-7-14(23)19-17-20-16-11-9-18-22(2)12(11)5-6-13(16)26-17/h8-9H,3-7H2,1-2H3,(H,19,20,23). The molecule has 0 radical (unpaired) electrons. The van der Waals surface area contributed by atoms with Gasteiger partial charge in [0.05, 0.1) is 18.5 Å². The average Bonchev–Trinajstić information content (AvgIpc) is 3.32. The van der Waals surface area contributed by atoms with Crippen LogP contribution in [0.5, 0.6) is 5.88 Å². The Balaban J connectivity index is 1.39. The van der Waals surface area contributed by atoms with Gasteiger partial charge in [-0.05, 0) is 24.9 Å². The number of aryl methyl sites for hydroxylation is 3. The first-order valence-electron chi connectivity index (χ1n) is 8.53. The van der Waals surface area contributed by atoms with E-state index in [0.717, 1.165) is 24.1 Å². The van der Waals surface area contributed by atoms with Gasteiger partial charge in [0, 0.05) is 42.1 Å². The van der Waals surface area contributed by atoms with Crippen molar-refractivity contribution in [1.82, 2.24) is 19.9 Å². The quantitative estimate of drug-likeness (QED) is 0.714. The van der Waals surface area contributed by atoms with Gasteiger partial charge in [-0.25, -0.2) is 4.98 Å². The highest BCUT2D eigenvalue weighted by Gasteiger charge is 2.24. The third-order valence-electron chi connectivity index (χ3n) is 4.28. The second kappa shape index (κ2) is 6.91. The zero-order valence-corrected chi connectivity index (χ0v) is 15.4. The van der Waals surface area contributed by atoms with E-state index in [1.807, 2.05) is 24.9 Å². The van der Waals surface area contributed by atoms with Gasteiger partial charge in [0.2, 0.25) is 5.91 Å². The summed E-state index contributed by atoms with van der Waals surface area (Å²) in [6.45, 7) is 2.41. The maximum atomic E-state index is 12.2. The number of carbonyl (C=O) groups excluding carboxylic acids is 1. The van der Waals surface area contributed by atoms with E-state index in [-0.39, 0.29) is 5.91 Å². The topological polar surface area (TPSA) is 95.1 Å². The summed E-state index contributed by atoms with van der Waals surface area (Å²) in [4.78, 5) is 18.0. The van der Waals surface area contributed by atoms with Gasteiger partial charge in [-0.3, -0.25) is 9.48 Å². The average molecular weight is 373 g/mol. The fourth-order valence-corrected chi connectivity index (χ4v) is 4.01. The number of nitrogens with zero attached hydrogens (tertiary/aromatic N) is 4. The highest BCUT2D eigenvalue weighted by atomic mass is 32.1. The predicted molar refractivity (Wildman–Crippen MR) is 96.3 cm³/mol. The first kappa shape index (κ1) is 16.8. The highest BCUT2D eigenvalue weighted by Crippen LogP contribution is 2.37. The van der Waals surface area contributed by atoms with E-state index in [9.17, 15) is 4.79 Å². The molecule has 3 aromatic heterocycles. The summed E-state index contributed by atoms with van der Waals surface area (Å²) in [5, 5.41) is 11.6. The predicted octanol–water partition coefficient (Wildman–Crippen LogP) is 2.60. The van der Waals surface area contributed by atoms with E-state index in [1.165, 1.54) is 21.9 Å². The maximum absolute atomic E-state index is 12.2. The molecule has 1 aliphatic rings. The largest absolute Gasteiger partial charge is 0.476 e. The van der Waals surface area contributed by atoms with Gasteiger partial charge in [-0.1, -0.05) is 0 Å². The van der Waals surface area contributed by atoms with Gasteiger partial charge < -0.3 is 14.6 Å². The number of nitrogens with one attached hydrogen (secondary N) is 1. The molecule has 0 fully saturated rings. The molecule has 136 valence electrons. The molecule has 0 unspecified atom stereocenters. The molecule has 0 aliphatic heterocycles. The molecule has 0 saturated carbocycles. The van der Waals surface area contributed by atoms with Crippen molar-refractivity contribution >= 4 is 22.4 Å². The minimum absolute atomic E-state index is 0.100. The second-order valence-electron chi connectivity index (χ2n) is 6.03. The van der Waals surface area contributed by atoms with Crippen LogP contribution in [0.15, 0.2) is 16.8 Å². The SMILES string of the molecule is CCOc1cc(CCC(=O)Nc2nc3c(s2)CCc2c-3cnn2C)on1. The van der Waals surface area contributed by atoms with Crippen LogP contribution in [-0.4, -0.2) is 32.4 Å².